The maximum absolute atomic E-state index is 6.41. The van der Waals surface area contributed by atoms with Crippen LogP contribution < -0.4 is 5.73 Å². The molecule has 0 bridgehead atoms. The van der Waals surface area contributed by atoms with Crippen molar-refractivity contribution in [2.75, 3.05) is 26.4 Å². The lowest BCUT2D eigenvalue weighted by Crippen LogP contribution is -2.47. The molecule has 0 saturated heterocycles. The molecule has 0 heterocycles. The first kappa shape index (κ1) is 29.1. The van der Waals surface area contributed by atoms with Crippen molar-refractivity contribution in [3.8, 4) is 0 Å². The number of hydrogen-bond donors (Lipinski definition) is 1. The van der Waals surface area contributed by atoms with E-state index in [1.165, 1.54) is 77.0 Å². The molecule has 0 aliphatic carbocycles. The highest BCUT2D eigenvalue weighted by molar-refractivity contribution is 6.60. The molecule has 0 atom stereocenters. The van der Waals surface area contributed by atoms with Crippen molar-refractivity contribution in [1.29, 1.82) is 0 Å². The van der Waals surface area contributed by atoms with E-state index in [1.54, 1.807) is 0 Å². The maximum atomic E-state index is 6.41. The van der Waals surface area contributed by atoms with E-state index in [0.717, 1.165) is 51.5 Å². The van der Waals surface area contributed by atoms with Gasteiger partial charge in [-0.05, 0) is 32.2 Å². The third-order valence-corrected chi connectivity index (χ3v) is 8.29. The largest absolute Gasteiger partial charge is 0.501 e. The van der Waals surface area contributed by atoms with E-state index in [4.69, 9.17) is 19.0 Å². The summed E-state index contributed by atoms with van der Waals surface area (Å²) in [5, 5.41) is 0. The van der Waals surface area contributed by atoms with Crippen molar-refractivity contribution >= 4 is 8.80 Å². The fraction of sp³-hybridized carbons (Fsp3) is 1.00. The summed E-state index contributed by atoms with van der Waals surface area (Å²) >= 11 is 0. The molecule has 4 nitrogen and oxygen atoms in total. The Balaban J connectivity index is 4.52. The van der Waals surface area contributed by atoms with E-state index in [2.05, 4.69) is 20.8 Å². The normalized spacial score (nSPS) is 12.0. The van der Waals surface area contributed by atoms with Crippen molar-refractivity contribution in [2.45, 2.75) is 130 Å². The Labute approximate surface area is 184 Å². The highest BCUT2D eigenvalue weighted by Gasteiger charge is 2.40. The molecule has 5 heteroatoms. The molecule has 0 aliphatic rings. The molecule has 0 unspecified atom stereocenters. The second kappa shape index (κ2) is 22.7. The minimum Gasteiger partial charge on any atom is -0.373 e. The molecule has 2 N–H and O–H groups in total. The summed E-state index contributed by atoms with van der Waals surface area (Å²) in [7, 11) is -2.60. The van der Waals surface area contributed by atoms with Crippen LogP contribution in [0.4, 0.5) is 0 Å². The molecule has 0 spiro atoms. The first-order chi connectivity index (χ1) is 14.2. The summed E-state index contributed by atoms with van der Waals surface area (Å²) < 4.78 is 19.2. The van der Waals surface area contributed by atoms with Crippen LogP contribution in [0, 0.1) is 0 Å². The lowest BCUT2D eigenvalue weighted by atomic mass is 10.2. The zero-order valence-corrected chi connectivity index (χ0v) is 21.2. The topological polar surface area (TPSA) is 53.7 Å². The van der Waals surface area contributed by atoms with E-state index >= 15 is 0 Å². The fourth-order valence-corrected chi connectivity index (χ4v) is 6.15. The van der Waals surface area contributed by atoms with Gasteiger partial charge in [0.1, 0.15) is 0 Å². The van der Waals surface area contributed by atoms with Crippen LogP contribution in [0.15, 0.2) is 0 Å². The van der Waals surface area contributed by atoms with Gasteiger partial charge >= 0.3 is 8.80 Å². The van der Waals surface area contributed by atoms with Crippen molar-refractivity contribution in [3.05, 3.63) is 0 Å². The van der Waals surface area contributed by atoms with Gasteiger partial charge in [-0.3, -0.25) is 0 Å². The van der Waals surface area contributed by atoms with Crippen molar-refractivity contribution < 1.29 is 13.3 Å². The van der Waals surface area contributed by atoms with Gasteiger partial charge in [-0.15, -0.1) is 0 Å². The Morgan fingerprint density at radius 3 is 1.14 bits per heavy atom. The molecule has 0 fully saturated rings. The second-order valence-electron chi connectivity index (χ2n) is 8.36. The Bertz CT molecular complexity index is 278. The first-order valence-corrected chi connectivity index (χ1v) is 14.8. The minimum atomic E-state index is -2.60. The van der Waals surface area contributed by atoms with Gasteiger partial charge in [0.25, 0.3) is 0 Å². The van der Waals surface area contributed by atoms with Gasteiger partial charge in [0, 0.05) is 25.9 Å². The van der Waals surface area contributed by atoms with E-state index in [0.29, 0.717) is 6.54 Å². The van der Waals surface area contributed by atoms with E-state index in [1.807, 2.05) is 0 Å². The van der Waals surface area contributed by atoms with Crippen LogP contribution in [-0.2, 0) is 13.3 Å². The van der Waals surface area contributed by atoms with Crippen molar-refractivity contribution in [3.63, 3.8) is 0 Å². The zero-order chi connectivity index (χ0) is 21.5. The van der Waals surface area contributed by atoms with Gasteiger partial charge in [-0.25, -0.2) is 0 Å². The summed E-state index contributed by atoms with van der Waals surface area (Å²) in [5.41, 5.74) is 5.82. The molecule has 0 aliphatic heterocycles. The van der Waals surface area contributed by atoms with Crippen LogP contribution in [0.3, 0.4) is 0 Å². The van der Waals surface area contributed by atoms with Crippen molar-refractivity contribution in [2.24, 2.45) is 5.73 Å². The first-order valence-electron chi connectivity index (χ1n) is 12.9. The highest BCUT2D eigenvalue weighted by atomic mass is 28.4. The molecule has 0 saturated carbocycles. The monoisotopic (exact) mass is 431 g/mol. The lowest BCUT2D eigenvalue weighted by Gasteiger charge is -2.30. The van der Waals surface area contributed by atoms with Gasteiger partial charge < -0.3 is 19.0 Å². The fourth-order valence-electron chi connectivity index (χ4n) is 3.46. The Morgan fingerprint density at radius 2 is 0.828 bits per heavy atom. The molecule has 0 aromatic rings. The van der Waals surface area contributed by atoms with Crippen LogP contribution in [0.2, 0.25) is 6.04 Å². The van der Waals surface area contributed by atoms with Gasteiger partial charge in [0.05, 0.1) is 0 Å². The molecule has 0 aromatic heterocycles. The minimum absolute atomic E-state index is 0.675. The Hall–Kier alpha value is 0.0569. The molecule has 176 valence electrons. The summed E-state index contributed by atoms with van der Waals surface area (Å²) in [6.07, 6.45) is 19.6. The number of unbranched alkanes of at least 4 members (excludes halogenated alkanes) is 12. The van der Waals surface area contributed by atoms with E-state index in [-0.39, 0.29) is 0 Å². The number of hydrogen-bond acceptors (Lipinski definition) is 4. The van der Waals surface area contributed by atoms with Gasteiger partial charge in [0.15, 0.2) is 0 Å². The lowest BCUT2D eigenvalue weighted by molar-refractivity contribution is 0.0549. The molecule has 0 amide bonds. The van der Waals surface area contributed by atoms with Crippen LogP contribution in [0.1, 0.15) is 124 Å². The van der Waals surface area contributed by atoms with E-state index in [9.17, 15) is 0 Å². The average Bonchev–Trinajstić information content (AvgIpc) is 2.74. The number of rotatable bonds is 24. The second-order valence-corrected chi connectivity index (χ2v) is 11.1. The molecule has 0 aromatic carbocycles. The van der Waals surface area contributed by atoms with Crippen LogP contribution in [0.5, 0.6) is 0 Å². The predicted molar refractivity (Wildman–Crippen MR) is 128 cm³/mol. The molecule has 0 radical (unpaired) electrons. The molecular weight excluding hydrogens is 378 g/mol. The maximum Gasteiger partial charge on any atom is 0.501 e. The summed E-state index contributed by atoms with van der Waals surface area (Å²) in [4.78, 5) is 0. The average molecular weight is 432 g/mol. The molecular formula is C24H53NO3Si. The molecule has 0 rings (SSSR count). The SMILES string of the molecule is CCCCCCCO[Si](CCCN)(OCCCCCCC)OCCCCCCC. The predicted octanol–water partition coefficient (Wildman–Crippen LogP) is 7.24. The summed E-state index contributed by atoms with van der Waals surface area (Å²) in [6.45, 7) is 9.75. The highest BCUT2D eigenvalue weighted by Crippen LogP contribution is 2.21. The summed E-state index contributed by atoms with van der Waals surface area (Å²) in [5.74, 6) is 0. The van der Waals surface area contributed by atoms with Gasteiger partial charge in [0.2, 0.25) is 0 Å². The Morgan fingerprint density at radius 1 is 0.483 bits per heavy atom. The van der Waals surface area contributed by atoms with Gasteiger partial charge in [-0.1, -0.05) is 97.8 Å². The van der Waals surface area contributed by atoms with Crippen molar-refractivity contribution in [1.82, 2.24) is 0 Å². The van der Waals surface area contributed by atoms with Crippen LogP contribution in [-0.4, -0.2) is 35.2 Å². The quantitative estimate of drug-likeness (QED) is 0.129. The van der Waals surface area contributed by atoms with Crippen LogP contribution in [0.25, 0.3) is 0 Å². The third-order valence-electron chi connectivity index (χ3n) is 5.40. The standard InChI is InChI=1S/C24H53NO3Si/c1-4-7-10-13-16-21-26-29(24-19-20-25,27-22-17-14-11-8-5-2)28-23-18-15-12-9-6-3/h4-25H2,1-3H3. The zero-order valence-electron chi connectivity index (χ0n) is 20.2. The third kappa shape index (κ3) is 18.5. The number of nitrogens with two attached hydrogens (primary N) is 1. The van der Waals surface area contributed by atoms with E-state index < -0.39 is 8.80 Å². The molecule has 29 heavy (non-hydrogen) atoms. The summed E-state index contributed by atoms with van der Waals surface area (Å²) in [6, 6.07) is 0.863. The Kier molecular flexibility index (Phi) is 22.8. The van der Waals surface area contributed by atoms with Gasteiger partial charge in [-0.2, -0.15) is 0 Å². The van der Waals surface area contributed by atoms with Crippen LogP contribution >= 0.6 is 0 Å². The smallest absolute Gasteiger partial charge is 0.373 e.